The maximum atomic E-state index is 6.55. The number of aromatic nitrogens is 2. The maximum absolute atomic E-state index is 6.55. The van der Waals surface area contributed by atoms with Crippen LogP contribution >= 0.6 is 11.6 Å². The van der Waals surface area contributed by atoms with E-state index in [4.69, 9.17) is 26.1 Å². The minimum absolute atomic E-state index is 0.598. The molecule has 0 bridgehead atoms. The van der Waals surface area contributed by atoms with E-state index in [1.54, 1.807) is 0 Å². The monoisotopic (exact) mass is 671 g/mol. The third-order valence-electron chi connectivity index (χ3n) is 9.34. The molecule has 2 aliphatic carbocycles. The fourth-order valence-electron chi connectivity index (χ4n) is 6.55. The molecular weight excluding hydrogens is 614 g/mol. The molecule has 6 heteroatoms. The summed E-state index contributed by atoms with van der Waals surface area (Å²) in [6.45, 7) is 14.6. The molecule has 0 aliphatic heterocycles. The zero-order valence-corrected chi connectivity index (χ0v) is 30.9. The van der Waals surface area contributed by atoms with Crippen molar-refractivity contribution in [1.82, 2.24) is 14.5 Å². The number of halogens is 1. The van der Waals surface area contributed by atoms with Crippen LogP contribution in [0.15, 0.2) is 89.3 Å². The molecule has 0 amide bonds. The van der Waals surface area contributed by atoms with Crippen molar-refractivity contribution in [2.75, 3.05) is 26.2 Å². The van der Waals surface area contributed by atoms with Crippen LogP contribution in [0.4, 0.5) is 0 Å². The zero-order chi connectivity index (χ0) is 34.1. The first kappa shape index (κ1) is 37.5. The fraction of sp³-hybridized carbons (Fsp3) is 0.500. The van der Waals surface area contributed by atoms with Gasteiger partial charge in [-0.2, -0.15) is 0 Å². The van der Waals surface area contributed by atoms with Gasteiger partial charge < -0.3 is 18.9 Å². The molecule has 1 fully saturated rings. The Bertz CT molecular complexity index is 1460. The lowest BCUT2D eigenvalue weighted by atomic mass is 9.89. The molecule has 5 rings (SSSR count). The van der Waals surface area contributed by atoms with Crippen molar-refractivity contribution in [2.45, 2.75) is 105 Å². The normalized spacial score (nSPS) is 15.4. The number of aryl methyl sites for hydroxylation is 1. The Morgan fingerprint density at radius 1 is 0.854 bits per heavy atom. The van der Waals surface area contributed by atoms with Crippen LogP contribution in [0.2, 0.25) is 0 Å². The first-order chi connectivity index (χ1) is 23.6. The molecule has 0 atom stereocenters. The summed E-state index contributed by atoms with van der Waals surface area (Å²) in [6.07, 6.45) is 21.1. The van der Waals surface area contributed by atoms with Crippen molar-refractivity contribution in [3.63, 3.8) is 0 Å². The van der Waals surface area contributed by atoms with E-state index in [9.17, 15) is 0 Å². The Morgan fingerprint density at radius 3 is 2.21 bits per heavy atom. The fourth-order valence-corrected chi connectivity index (χ4v) is 6.75. The molecule has 2 aromatic carbocycles. The molecule has 1 saturated carbocycles. The highest BCUT2D eigenvalue weighted by molar-refractivity contribution is 6.31. The van der Waals surface area contributed by atoms with Crippen molar-refractivity contribution >= 4 is 11.6 Å². The van der Waals surface area contributed by atoms with Gasteiger partial charge in [0.25, 0.3) is 0 Å². The molecule has 1 aromatic heterocycles. The molecule has 5 nitrogen and oxygen atoms in total. The van der Waals surface area contributed by atoms with Gasteiger partial charge in [-0.3, -0.25) is 0 Å². The molecular formula is C42H58ClN3O2. The highest BCUT2D eigenvalue weighted by Gasteiger charge is 2.20. The standard InChI is InChI=1S/C40H52ClN3O2.C2H6/c1-4-7-15-40-42-39(32-16-21-36(22-17-32)45-27-12-26-43(5-2)6-3)30-44(40)35-19-24-37(25-20-35)46-38-23-18-34(41)28-33(29-38)31-13-10-8-9-11-14-31;1-2/h16-25,28,30-31H,4-15,26-27,29H2,1-3H3;1-2H3. The second-order valence-electron chi connectivity index (χ2n) is 12.6. The van der Waals surface area contributed by atoms with Crippen molar-refractivity contribution < 1.29 is 9.47 Å². The van der Waals surface area contributed by atoms with Crippen LogP contribution in [0.5, 0.6) is 11.5 Å². The lowest BCUT2D eigenvalue weighted by molar-refractivity contribution is 0.249. The average molecular weight is 672 g/mol. The highest BCUT2D eigenvalue weighted by atomic mass is 35.5. The molecule has 0 unspecified atom stereocenters. The first-order valence-electron chi connectivity index (χ1n) is 18.6. The van der Waals surface area contributed by atoms with Gasteiger partial charge in [0.05, 0.1) is 12.3 Å². The molecule has 0 radical (unpaired) electrons. The van der Waals surface area contributed by atoms with Crippen molar-refractivity contribution in [2.24, 2.45) is 5.92 Å². The Hall–Kier alpha value is -3.28. The van der Waals surface area contributed by atoms with Crippen LogP contribution in [0.3, 0.4) is 0 Å². The molecule has 3 aromatic rings. The van der Waals surface area contributed by atoms with E-state index in [-0.39, 0.29) is 0 Å². The maximum Gasteiger partial charge on any atom is 0.127 e. The molecule has 1 heterocycles. The van der Waals surface area contributed by atoms with Gasteiger partial charge in [0.15, 0.2) is 0 Å². The SMILES string of the molecule is CC.CCCCc1nc(-c2ccc(OCCCN(CC)CC)cc2)cn1-c1ccc(OC2=CC=C(Cl)C=C(C3CCCCCC3)C2)cc1. The molecule has 260 valence electrons. The summed E-state index contributed by atoms with van der Waals surface area (Å²) in [7, 11) is 0. The third-order valence-corrected chi connectivity index (χ3v) is 9.57. The van der Waals surface area contributed by atoms with E-state index >= 15 is 0 Å². The number of benzene rings is 2. The van der Waals surface area contributed by atoms with Gasteiger partial charge in [-0.1, -0.05) is 83.9 Å². The minimum Gasteiger partial charge on any atom is -0.494 e. The average Bonchev–Trinajstić information content (AvgIpc) is 3.24. The quantitative estimate of drug-likeness (QED) is 0.119. The summed E-state index contributed by atoms with van der Waals surface area (Å²) < 4.78 is 14.7. The largest absolute Gasteiger partial charge is 0.494 e. The lowest BCUT2D eigenvalue weighted by Gasteiger charge is -2.20. The van der Waals surface area contributed by atoms with Gasteiger partial charge >= 0.3 is 0 Å². The molecule has 0 N–H and O–H groups in total. The van der Waals surface area contributed by atoms with Crippen LogP contribution < -0.4 is 9.47 Å². The molecule has 2 aliphatic rings. The van der Waals surface area contributed by atoms with E-state index in [0.29, 0.717) is 5.92 Å². The summed E-state index contributed by atoms with van der Waals surface area (Å²) >= 11 is 6.55. The number of unbranched alkanes of at least 4 members (excludes halogenated alkanes) is 1. The summed E-state index contributed by atoms with van der Waals surface area (Å²) in [5.41, 5.74) is 4.56. The number of rotatable bonds is 15. The number of allylic oxidation sites excluding steroid dienone is 5. The molecule has 0 spiro atoms. The van der Waals surface area contributed by atoms with E-state index in [0.717, 1.165) is 103 Å². The number of hydrogen-bond acceptors (Lipinski definition) is 4. The van der Waals surface area contributed by atoms with Crippen LogP contribution in [-0.2, 0) is 6.42 Å². The molecule has 0 saturated heterocycles. The summed E-state index contributed by atoms with van der Waals surface area (Å²) in [6, 6.07) is 16.8. The van der Waals surface area contributed by atoms with Gasteiger partial charge in [-0.05, 0) is 111 Å². The lowest BCUT2D eigenvalue weighted by Crippen LogP contribution is -2.25. The van der Waals surface area contributed by atoms with Crippen LogP contribution in [0.1, 0.15) is 105 Å². The predicted octanol–water partition coefficient (Wildman–Crippen LogP) is 11.7. The van der Waals surface area contributed by atoms with Gasteiger partial charge in [0.2, 0.25) is 0 Å². The smallest absolute Gasteiger partial charge is 0.127 e. The summed E-state index contributed by atoms with van der Waals surface area (Å²) in [5, 5.41) is 0.789. The summed E-state index contributed by atoms with van der Waals surface area (Å²) in [4.78, 5) is 7.51. The first-order valence-corrected chi connectivity index (χ1v) is 19.0. The van der Waals surface area contributed by atoms with Gasteiger partial charge in [0.1, 0.15) is 23.1 Å². The minimum atomic E-state index is 0.598. The van der Waals surface area contributed by atoms with Crippen molar-refractivity contribution in [3.05, 3.63) is 95.1 Å². The van der Waals surface area contributed by atoms with Crippen LogP contribution in [-0.4, -0.2) is 40.7 Å². The number of nitrogens with zero attached hydrogens (tertiary/aromatic N) is 3. The van der Waals surface area contributed by atoms with E-state index in [1.165, 1.54) is 44.1 Å². The Kier molecular flexibility index (Phi) is 15.9. The van der Waals surface area contributed by atoms with E-state index in [1.807, 2.05) is 26.0 Å². The Labute approximate surface area is 295 Å². The number of imidazole rings is 1. The van der Waals surface area contributed by atoms with Crippen molar-refractivity contribution in [1.29, 1.82) is 0 Å². The Morgan fingerprint density at radius 2 is 1.54 bits per heavy atom. The van der Waals surface area contributed by atoms with Gasteiger partial charge in [-0.25, -0.2) is 4.98 Å². The van der Waals surface area contributed by atoms with Gasteiger partial charge in [-0.15, -0.1) is 0 Å². The second kappa shape index (κ2) is 20.3. The predicted molar refractivity (Wildman–Crippen MR) is 203 cm³/mol. The Balaban J connectivity index is 0.00000255. The number of hydrogen-bond donors (Lipinski definition) is 0. The third kappa shape index (κ3) is 11.1. The van der Waals surface area contributed by atoms with E-state index in [2.05, 4.69) is 91.0 Å². The molecule has 48 heavy (non-hydrogen) atoms. The second-order valence-corrected chi connectivity index (χ2v) is 13.1. The zero-order valence-electron chi connectivity index (χ0n) is 30.1. The summed E-state index contributed by atoms with van der Waals surface area (Å²) in [5.74, 6) is 4.36. The number of ether oxygens (including phenoxy) is 2. The highest BCUT2D eigenvalue weighted by Crippen LogP contribution is 2.35. The van der Waals surface area contributed by atoms with E-state index < -0.39 is 0 Å². The van der Waals surface area contributed by atoms with Gasteiger partial charge in [0, 0.05) is 41.9 Å². The van der Waals surface area contributed by atoms with Crippen LogP contribution in [0, 0.1) is 5.92 Å². The van der Waals surface area contributed by atoms with Crippen LogP contribution in [0.25, 0.3) is 16.9 Å². The van der Waals surface area contributed by atoms with Crippen molar-refractivity contribution in [3.8, 4) is 28.4 Å². The topological polar surface area (TPSA) is 39.5 Å².